The summed E-state index contributed by atoms with van der Waals surface area (Å²) in [6.45, 7) is 13.8. The minimum absolute atomic E-state index is 0.0131. The van der Waals surface area contributed by atoms with Gasteiger partial charge in [-0.1, -0.05) is 32.9 Å². The second-order valence-electron chi connectivity index (χ2n) is 9.65. The fourth-order valence-corrected chi connectivity index (χ4v) is 5.05. The lowest BCUT2D eigenvalue weighted by atomic mass is 9.95. The predicted octanol–water partition coefficient (Wildman–Crippen LogP) is 5.42. The minimum Gasteiger partial charge on any atom is -0.414 e. The van der Waals surface area contributed by atoms with Gasteiger partial charge in [0.05, 0.1) is 6.10 Å². The summed E-state index contributed by atoms with van der Waals surface area (Å²) in [7, 11) is -0.113. The van der Waals surface area contributed by atoms with Crippen LogP contribution >= 0.6 is 0 Å². The highest BCUT2D eigenvalue weighted by molar-refractivity contribution is 6.74. The molecule has 0 unspecified atom stereocenters. The Morgan fingerprint density at radius 1 is 1.29 bits per heavy atom. The molecule has 0 aliphatic heterocycles. The lowest BCUT2D eigenvalue weighted by Gasteiger charge is -2.38. The van der Waals surface area contributed by atoms with Crippen LogP contribution in [0, 0.1) is 22.0 Å². The number of rotatable bonds is 12. The van der Waals surface area contributed by atoms with Gasteiger partial charge in [-0.2, -0.15) is 0 Å². The number of unbranched alkanes of at least 4 members (excludes halogenated alkanes) is 1. The van der Waals surface area contributed by atoms with Crippen molar-refractivity contribution in [2.75, 3.05) is 20.4 Å². The number of nitrogens with zero attached hydrogens (tertiary/aromatic N) is 1. The number of hydrogen-bond donors (Lipinski definition) is 0. The van der Waals surface area contributed by atoms with Gasteiger partial charge in [-0.25, -0.2) is 0 Å². The van der Waals surface area contributed by atoms with Crippen molar-refractivity contribution in [1.82, 2.24) is 0 Å². The van der Waals surface area contributed by atoms with Crippen LogP contribution in [-0.4, -0.2) is 45.9 Å². The molecular weight excluding hydrogens is 374 g/mol. The first kappa shape index (κ1) is 25.3. The highest BCUT2D eigenvalue weighted by Crippen LogP contribution is 2.38. The Morgan fingerprint density at radius 2 is 1.96 bits per heavy atom. The van der Waals surface area contributed by atoms with Gasteiger partial charge in [0.15, 0.2) is 8.32 Å². The zero-order chi connectivity index (χ0) is 21.4. The monoisotopic (exact) mass is 415 g/mol. The highest BCUT2D eigenvalue weighted by Gasteiger charge is 2.38. The highest BCUT2D eigenvalue weighted by atomic mass is 28.4. The lowest BCUT2D eigenvalue weighted by Crippen LogP contribution is -2.43. The van der Waals surface area contributed by atoms with Crippen molar-refractivity contribution in [1.29, 1.82) is 0 Å². The molecule has 1 aliphatic rings. The van der Waals surface area contributed by atoms with Gasteiger partial charge in [-0.3, -0.25) is 10.1 Å². The van der Waals surface area contributed by atoms with E-state index in [9.17, 15) is 10.1 Å². The van der Waals surface area contributed by atoms with Gasteiger partial charge in [0.2, 0.25) is 6.54 Å². The van der Waals surface area contributed by atoms with Crippen molar-refractivity contribution < 1.29 is 18.8 Å². The van der Waals surface area contributed by atoms with Crippen LogP contribution in [0.4, 0.5) is 0 Å². The van der Waals surface area contributed by atoms with Crippen LogP contribution in [0.15, 0.2) is 12.2 Å². The van der Waals surface area contributed by atoms with Crippen LogP contribution in [0.2, 0.25) is 18.1 Å². The fraction of sp³-hybridized carbons (Fsp3) is 0.905. The van der Waals surface area contributed by atoms with Gasteiger partial charge in [0.25, 0.3) is 0 Å². The zero-order valence-electron chi connectivity index (χ0n) is 18.9. The molecule has 4 atom stereocenters. The third kappa shape index (κ3) is 8.72. The maximum absolute atomic E-state index is 11.0. The summed E-state index contributed by atoms with van der Waals surface area (Å²) in [4.78, 5) is 10.8. The molecule has 0 bridgehead atoms. The molecule has 0 spiro atoms. The van der Waals surface area contributed by atoms with Crippen LogP contribution in [0.5, 0.6) is 0 Å². The van der Waals surface area contributed by atoms with E-state index in [0.29, 0.717) is 0 Å². The van der Waals surface area contributed by atoms with Crippen LogP contribution in [0.3, 0.4) is 0 Å². The second kappa shape index (κ2) is 11.4. The molecule has 0 heterocycles. The van der Waals surface area contributed by atoms with E-state index in [-0.39, 0.29) is 47.3 Å². The van der Waals surface area contributed by atoms with Crippen LogP contribution in [0.1, 0.15) is 59.8 Å². The summed E-state index contributed by atoms with van der Waals surface area (Å²) in [5.74, 6) is 0.266. The summed E-state index contributed by atoms with van der Waals surface area (Å²) >= 11 is 0. The summed E-state index contributed by atoms with van der Waals surface area (Å²) in [5, 5.41) is 11.2. The average molecular weight is 416 g/mol. The third-order valence-electron chi connectivity index (χ3n) is 6.18. The lowest BCUT2D eigenvalue weighted by molar-refractivity contribution is -0.489. The van der Waals surface area contributed by atoms with E-state index in [1.165, 1.54) is 0 Å². The molecule has 1 rings (SSSR count). The number of ether oxygens (including phenoxy) is 2. The van der Waals surface area contributed by atoms with Gasteiger partial charge in [-0.15, -0.1) is 0 Å². The molecule has 164 valence electrons. The maximum Gasteiger partial charge on any atom is 0.207 e. The molecule has 6 nitrogen and oxygen atoms in total. The molecule has 0 amide bonds. The van der Waals surface area contributed by atoms with E-state index in [2.05, 4.69) is 52.9 Å². The maximum atomic E-state index is 11.0. The van der Waals surface area contributed by atoms with Crippen molar-refractivity contribution in [2.24, 2.45) is 11.8 Å². The molecule has 7 heteroatoms. The summed E-state index contributed by atoms with van der Waals surface area (Å²) in [5.41, 5.74) is 0. The molecule has 0 aromatic rings. The zero-order valence-corrected chi connectivity index (χ0v) is 19.9. The van der Waals surface area contributed by atoms with Crippen molar-refractivity contribution in [3.8, 4) is 0 Å². The average Bonchev–Trinajstić information content (AvgIpc) is 2.92. The number of hydrogen-bond acceptors (Lipinski definition) is 5. The fourth-order valence-electron chi connectivity index (χ4n) is 3.57. The largest absolute Gasteiger partial charge is 0.414 e. The Bertz CT molecular complexity index is 504. The van der Waals surface area contributed by atoms with Crippen LogP contribution in [-0.2, 0) is 13.9 Å². The van der Waals surface area contributed by atoms with Gasteiger partial charge < -0.3 is 13.9 Å². The first-order valence-electron chi connectivity index (χ1n) is 10.5. The summed E-state index contributed by atoms with van der Waals surface area (Å²) < 4.78 is 17.0. The smallest absolute Gasteiger partial charge is 0.207 e. The Labute approximate surface area is 172 Å². The third-order valence-corrected chi connectivity index (χ3v) is 10.8. The molecule has 0 radical (unpaired) electrons. The Balaban J connectivity index is 2.42. The molecule has 0 N–H and O–H groups in total. The quantitative estimate of drug-likeness (QED) is 0.106. The number of nitro groups is 1. The molecule has 0 aromatic carbocycles. The summed E-state index contributed by atoms with van der Waals surface area (Å²) in [6.07, 6.45) is 9.35. The van der Waals surface area contributed by atoms with Crippen molar-refractivity contribution in [3.05, 3.63) is 22.3 Å². The Morgan fingerprint density at radius 3 is 2.54 bits per heavy atom. The van der Waals surface area contributed by atoms with Gasteiger partial charge in [0, 0.05) is 24.1 Å². The Hall–Kier alpha value is -0.763. The summed E-state index contributed by atoms with van der Waals surface area (Å²) in [6, 6.07) is 0. The molecule has 1 fully saturated rings. The van der Waals surface area contributed by atoms with Crippen molar-refractivity contribution in [3.63, 3.8) is 0 Å². The van der Waals surface area contributed by atoms with Gasteiger partial charge >= 0.3 is 0 Å². The molecule has 1 saturated carbocycles. The molecule has 1 aliphatic carbocycles. The second-order valence-corrected chi connectivity index (χ2v) is 14.4. The number of allylic oxidation sites excluding steroid dienone is 2. The van der Waals surface area contributed by atoms with Gasteiger partial charge in [-0.05, 0) is 63.1 Å². The number of methoxy groups -OCH3 is 1. The van der Waals surface area contributed by atoms with Crippen LogP contribution in [0.25, 0.3) is 0 Å². The van der Waals surface area contributed by atoms with E-state index in [1.54, 1.807) is 7.11 Å². The normalized spacial score (nSPS) is 24.8. The molecule has 28 heavy (non-hydrogen) atoms. The van der Waals surface area contributed by atoms with Gasteiger partial charge in [0.1, 0.15) is 6.79 Å². The minimum atomic E-state index is -1.71. The first-order chi connectivity index (χ1) is 13.0. The van der Waals surface area contributed by atoms with E-state index < -0.39 is 8.32 Å². The van der Waals surface area contributed by atoms with E-state index in [1.807, 2.05) is 0 Å². The van der Waals surface area contributed by atoms with E-state index in [0.717, 1.165) is 32.1 Å². The van der Waals surface area contributed by atoms with E-state index in [4.69, 9.17) is 13.9 Å². The van der Waals surface area contributed by atoms with E-state index >= 15 is 0 Å². The van der Waals surface area contributed by atoms with Crippen LogP contribution < -0.4 is 0 Å². The predicted molar refractivity (Wildman–Crippen MR) is 116 cm³/mol. The Kier molecular flexibility index (Phi) is 10.3. The molecular formula is C21H41NO5Si. The molecule has 0 aromatic heterocycles. The topological polar surface area (TPSA) is 70.8 Å². The molecule has 0 saturated heterocycles. The SMILES string of the molecule is COCO[C@@H]1C[C@@H](C[N+](=O)[O-])[C@H](/C=C\CCC[C@@H](C)O[Si](C)(C)C(C)(C)C)C1. The van der Waals surface area contributed by atoms with Crippen molar-refractivity contribution in [2.45, 2.75) is 90.1 Å². The van der Waals surface area contributed by atoms with Crippen molar-refractivity contribution >= 4 is 8.32 Å². The first-order valence-corrected chi connectivity index (χ1v) is 13.4. The standard InChI is InChI=1S/C21H41NO5Si/c1-17(27-28(6,7)21(2,3)4)11-9-8-10-12-18-13-20(26-16-25-5)14-19(18)15-22(23)24/h10,12,17-20H,8-9,11,13-16H2,1-7H3/b12-10-/t17-,18-,19+,20+/m1/s1.